The van der Waals surface area contributed by atoms with Gasteiger partial charge < -0.3 is 15.4 Å². The van der Waals surface area contributed by atoms with Crippen molar-refractivity contribution >= 4 is 29.2 Å². The van der Waals surface area contributed by atoms with Crippen LogP contribution in [-0.2, 0) is 9.53 Å². The molecule has 124 valence electrons. The van der Waals surface area contributed by atoms with Crippen LogP contribution in [0.4, 0.5) is 11.4 Å². The number of para-hydroxylation sites is 1. The van der Waals surface area contributed by atoms with Gasteiger partial charge in [-0.2, -0.15) is 0 Å². The third-order valence-corrected chi connectivity index (χ3v) is 3.14. The van der Waals surface area contributed by atoms with Gasteiger partial charge in [-0.05, 0) is 43.3 Å². The standard InChI is InChI=1S/C18H18N2O4/c1-3-24-18(23)13-8-10-14(11-9-13)20-17(22)15-6-4-5-7-16(15)19-12(2)21/h4-11H,3H2,1-2H3,(H,19,21)(H,20,22). The molecule has 0 unspecified atom stereocenters. The Kier molecular flexibility index (Phi) is 5.68. The highest BCUT2D eigenvalue weighted by molar-refractivity contribution is 6.10. The predicted molar refractivity (Wildman–Crippen MR) is 91.1 cm³/mol. The summed E-state index contributed by atoms with van der Waals surface area (Å²) < 4.78 is 4.90. The quantitative estimate of drug-likeness (QED) is 0.827. The van der Waals surface area contributed by atoms with E-state index in [1.807, 2.05) is 0 Å². The number of anilines is 2. The topological polar surface area (TPSA) is 84.5 Å². The Bertz CT molecular complexity index is 754. The second-order valence-corrected chi connectivity index (χ2v) is 4.98. The van der Waals surface area contributed by atoms with Crippen molar-refractivity contribution in [2.24, 2.45) is 0 Å². The zero-order valence-electron chi connectivity index (χ0n) is 13.5. The maximum Gasteiger partial charge on any atom is 0.338 e. The number of ether oxygens (including phenoxy) is 1. The van der Waals surface area contributed by atoms with E-state index in [9.17, 15) is 14.4 Å². The molecule has 0 spiro atoms. The lowest BCUT2D eigenvalue weighted by Gasteiger charge is -2.10. The summed E-state index contributed by atoms with van der Waals surface area (Å²) in [5, 5.41) is 5.34. The Morgan fingerprint density at radius 3 is 2.25 bits per heavy atom. The fourth-order valence-electron chi connectivity index (χ4n) is 2.08. The molecule has 0 radical (unpaired) electrons. The third-order valence-electron chi connectivity index (χ3n) is 3.14. The SMILES string of the molecule is CCOC(=O)c1ccc(NC(=O)c2ccccc2NC(C)=O)cc1. The summed E-state index contributed by atoms with van der Waals surface area (Å²) in [4.78, 5) is 35.2. The number of esters is 1. The molecule has 24 heavy (non-hydrogen) atoms. The molecule has 0 bridgehead atoms. The summed E-state index contributed by atoms with van der Waals surface area (Å²) in [7, 11) is 0. The summed E-state index contributed by atoms with van der Waals surface area (Å²) in [6.45, 7) is 3.42. The first-order valence-electron chi connectivity index (χ1n) is 7.46. The molecular weight excluding hydrogens is 308 g/mol. The molecule has 2 amide bonds. The number of rotatable bonds is 5. The van der Waals surface area contributed by atoms with Crippen molar-refractivity contribution in [3.8, 4) is 0 Å². The lowest BCUT2D eigenvalue weighted by atomic mass is 10.1. The summed E-state index contributed by atoms with van der Waals surface area (Å²) >= 11 is 0. The van der Waals surface area contributed by atoms with Gasteiger partial charge in [0.2, 0.25) is 5.91 Å². The second-order valence-electron chi connectivity index (χ2n) is 4.98. The monoisotopic (exact) mass is 326 g/mol. The zero-order chi connectivity index (χ0) is 17.5. The summed E-state index contributed by atoms with van der Waals surface area (Å²) in [5.74, 6) is -1.02. The van der Waals surface area contributed by atoms with Gasteiger partial charge in [0.05, 0.1) is 23.4 Å². The molecule has 0 saturated heterocycles. The van der Waals surface area contributed by atoms with Crippen LogP contribution in [0, 0.1) is 0 Å². The van der Waals surface area contributed by atoms with Gasteiger partial charge in [0.1, 0.15) is 0 Å². The maximum atomic E-state index is 12.4. The molecule has 0 aliphatic carbocycles. The molecule has 0 atom stereocenters. The molecule has 0 heterocycles. The van der Waals surface area contributed by atoms with Crippen molar-refractivity contribution < 1.29 is 19.1 Å². The Labute approximate surface area is 139 Å². The van der Waals surface area contributed by atoms with Gasteiger partial charge in [0.25, 0.3) is 5.91 Å². The first-order chi connectivity index (χ1) is 11.5. The minimum atomic E-state index is -0.411. The molecule has 2 aromatic carbocycles. The van der Waals surface area contributed by atoms with Crippen LogP contribution in [0.1, 0.15) is 34.6 Å². The van der Waals surface area contributed by atoms with E-state index in [-0.39, 0.29) is 11.8 Å². The van der Waals surface area contributed by atoms with Gasteiger partial charge in [-0.1, -0.05) is 12.1 Å². The van der Waals surface area contributed by atoms with Crippen molar-refractivity contribution in [3.05, 3.63) is 59.7 Å². The van der Waals surface area contributed by atoms with Crippen molar-refractivity contribution in [2.45, 2.75) is 13.8 Å². The maximum absolute atomic E-state index is 12.4. The van der Waals surface area contributed by atoms with Crippen molar-refractivity contribution in [2.75, 3.05) is 17.2 Å². The van der Waals surface area contributed by atoms with Crippen molar-refractivity contribution in [1.82, 2.24) is 0 Å². The number of carbonyl (C=O) groups is 3. The highest BCUT2D eigenvalue weighted by Gasteiger charge is 2.12. The van der Waals surface area contributed by atoms with E-state index >= 15 is 0 Å². The van der Waals surface area contributed by atoms with Gasteiger partial charge in [0.15, 0.2) is 0 Å². The first-order valence-corrected chi connectivity index (χ1v) is 7.46. The first kappa shape index (κ1) is 17.2. The summed E-state index contributed by atoms with van der Waals surface area (Å²) in [6, 6.07) is 13.1. The van der Waals surface area contributed by atoms with E-state index in [2.05, 4.69) is 10.6 Å². The second kappa shape index (κ2) is 7.92. The van der Waals surface area contributed by atoms with Crippen LogP contribution in [0.2, 0.25) is 0 Å². The zero-order valence-corrected chi connectivity index (χ0v) is 13.5. The molecule has 0 saturated carbocycles. The van der Waals surface area contributed by atoms with Gasteiger partial charge in [0, 0.05) is 12.6 Å². The molecule has 0 aromatic heterocycles. The molecule has 2 N–H and O–H groups in total. The van der Waals surface area contributed by atoms with Gasteiger partial charge in [-0.3, -0.25) is 9.59 Å². The molecule has 2 rings (SSSR count). The minimum Gasteiger partial charge on any atom is -0.462 e. The average molecular weight is 326 g/mol. The Hall–Kier alpha value is -3.15. The Morgan fingerprint density at radius 2 is 1.62 bits per heavy atom. The van der Waals surface area contributed by atoms with Crippen LogP contribution in [0.25, 0.3) is 0 Å². The third kappa shape index (κ3) is 4.42. The van der Waals surface area contributed by atoms with E-state index in [0.717, 1.165) is 0 Å². The highest BCUT2D eigenvalue weighted by Crippen LogP contribution is 2.18. The molecule has 0 aliphatic heterocycles. The van der Waals surface area contributed by atoms with E-state index in [0.29, 0.717) is 29.1 Å². The Morgan fingerprint density at radius 1 is 0.958 bits per heavy atom. The molecule has 0 aliphatic rings. The summed E-state index contributed by atoms with van der Waals surface area (Å²) in [6.07, 6.45) is 0. The number of carbonyl (C=O) groups excluding carboxylic acids is 3. The number of nitrogens with one attached hydrogen (secondary N) is 2. The number of amides is 2. The number of hydrogen-bond acceptors (Lipinski definition) is 4. The normalized spacial score (nSPS) is 9.92. The largest absolute Gasteiger partial charge is 0.462 e. The van der Waals surface area contributed by atoms with Crippen LogP contribution in [0.5, 0.6) is 0 Å². The van der Waals surface area contributed by atoms with Crippen LogP contribution >= 0.6 is 0 Å². The fraction of sp³-hybridized carbons (Fsp3) is 0.167. The lowest BCUT2D eigenvalue weighted by Crippen LogP contribution is -2.16. The molecule has 6 nitrogen and oxygen atoms in total. The molecule has 6 heteroatoms. The van der Waals surface area contributed by atoms with E-state index in [1.54, 1.807) is 55.5 Å². The van der Waals surface area contributed by atoms with Crippen LogP contribution in [0.3, 0.4) is 0 Å². The average Bonchev–Trinajstić information content (AvgIpc) is 2.55. The van der Waals surface area contributed by atoms with E-state index in [4.69, 9.17) is 4.74 Å². The van der Waals surface area contributed by atoms with Gasteiger partial charge >= 0.3 is 5.97 Å². The highest BCUT2D eigenvalue weighted by atomic mass is 16.5. The molecule has 2 aromatic rings. The summed E-state index contributed by atoms with van der Waals surface area (Å²) in [5.41, 5.74) is 1.73. The number of benzene rings is 2. The van der Waals surface area contributed by atoms with E-state index < -0.39 is 5.97 Å². The fourth-order valence-corrected chi connectivity index (χ4v) is 2.08. The minimum absolute atomic E-state index is 0.256. The van der Waals surface area contributed by atoms with Crippen molar-refractivity contribution in [1.29, 1.82) is 0 Å². The predicted octanol–water partition coefficient (Wildman–Crippen LogP) is 3.07. The molecular formula is C18H18N2O4. The smallest absolute Gasteiger partial charge is 0.338 e. The van der Waals surface area contributed by atoms with Gasteiger partial charge in [-0.15, -0.1) is 0 Å². The van der Waals surface area contributed by atoms with Gasteiger partial charge in [-0.25, -0.2) is 4.79 Å². The Balaban J connectivity index is 2.13. The van der Waals surface area contributed by atoms with Crippen LogP contribution in [-0.4, -0.2) is 24.4 Å². The van der Waals surface area contributed by atoms with Crippen molar-refractivity contribution in [3.63, 3.8) is 0 Å². The lowest BCUT2D eigenvalue weighted by molar-refractivity contribution is -0.114. The van der Waals surface area contributed by atoms with Crippen LogP contribution in [0.15, 0.2) is 48.5 Å². The molecule has 0 fully saturated rings. The van der Waals surface area contributed by atoms with Crippen LogP contribution < -0.4 is 10.6 Å². The van der Waals surface area contributed by atoms with E-state index in [1.165, 1.54) is 6.92 Å². The number of hydrogen-bond donors (Lipinski definition) is 2.